The molecule has 34 heavy (non-hydrogen) atoms. The zero-order valence-corrected chi connectivity index (χ0v) is 19.0. The van der Waals surface area contributed by atoms with Gasteiger partial charge in [-0.1, -0.05) is 12.8 Å². The van der Waals surface area contributed by atoms with E-state index in [0.717, 1.165) is 74.0 Å². The molecule has 2 aliphatic heterocycles. The van der Waals surface area contributed by atoms with Crippen LogP contribution in [0.5, 0.6) is 0 Å². The largest absolute Gasteiger partial charge is 0.329 e. The van der Waals surface area contributed by atoms with Crippen LogP contribution in [0.25, 0.3) is 16.6 Å². The van der Waals surface area contributed by atoms with Crippen molar-refractivity contribution in [3.63, 3.8) is 0 Å². The first-order valence-electron chi connectivity index (χ1n) is 11.9. The van der Waals surface area contributed by atoms with Gasteiger partial charge in [0.1, 0.15) is 11.6 Å². The summed E-state index contributed by atoms with van der Waals surface area (Å²) in [6.45, 7) is 3.20. The van der Waals surface area contributed by atoms with Crippen LogP contribution in [0, 0.1) is 11.6 Å². The van der Waals surface area contributed by atoms with Crippen LogP contribution in [0.2, 0.25) is 0 Å². The van der Waals surface area contributed by atoms with E-state index < -0.39 is 0 Å². The predicted octanol–water partition coefficient (Wildman–Crippen LogP) is 4.38. The van der Waals surface area contributed by atoms with E-state index in [0.29, 0.717) is 6.54 Å². The molecule has 3 amide bonds. The molecule has 0 aliphatic carbocycles. The minimum atomic E-state index is -0.287. The van der Waals surface area contributed by atoms with Gasteiger partial charge in [0.05, 0.1) is 12.1 Å². The fourth-order valence-electron chi connectivity index (χ4n) is 5.10. The van der Waals surface area contributed by atoms with Gasteiger partial charge in [-0.15, -0.1) is 0 Å². The first kappa shape index (κ1) is 22.5. The summed E-state index contributed by atoms with van der Waals surface area (Å²) in [5.74, 6) is -0.677. The maximum atomic E-state index is 14.0. The van der Waals surface area contributed by atoms with Gasteiger partial charge in [0, 0.05) is 36.4 Å². The van der Waals surface area contributed by atoms with E-state index in [9.17, 15) is 18.4 Å². The molecule has 1 aromatic heterocycles. The van der Waals surface area contributed by atoms with Gasteiger partial charge in [-0.2, -0.15) is 0 Å². The van der Waals surface area contributed by atoms with Crippen molar-refractivity contribution < 1.29 is 18.4 Å². The number of nitrogens with one attached hydrogen (secondary N) is 1. The Morgan fingerprint density at radius 3 is 2.35 bits per heavy atom. The summed E-state index contributed by atoms with van der Waals surface area (Å²) in [5.41, 5.74) is 4.13. The lowest BCUT2D eigenvalue weighted by Crippen LogP contribution is -2.32. The molecule has 2 aromatic carbocycles. The van der Waals surface area contributed by atoms with Gasteiger partial charge < -0.3 is 9.88 Å². The van der Waals surface area contributed by atoms with E-state index in [1.54, 1.807) is 18.2 Å². The molecule has 3 heterocycles. The van der Waals surface area contributed by atoms with Crippen LogP contribution in [0.4, 0.5) is 13.6 Å². The van der Waals surface area contributed by atoms with Crippen LogP contribution < -0.4 is 5.32 Å². The van der Waals surface area contributed by atoms with Crippen molar-refractivity contribution in [2.75, 3.05) is 26.2 Å². The van der Waals surface area contributed by atoms with Crippen LogP contribution in [0.3, 0.4) is 0 Å². The van der Waals surface area contributed by atoms with Gasteiger partial charge in [0.15, 0.2) is 0 Å². The first-order chi connectivity index (χ1) is 16.5. The third kappa shape index (κ3) is 4.42. The van der Waals surface area contributed by atoms with Gasteiger partial charge in [-0.05, 0) is 73.8 Å². The smallest absolute Gasteiger partial charge is 0.324 e. The summed E-state index contributed by atoms with van der Waals surface area (Å²) in [4.78, 5) is 26.9. The number of hydrogen-bond acceptors (Lipinski definition) is 3. The number of amides is 3. The summed E-state index contributed by atoms with van der Waals surface area (Å²) in [6.07, 6.45) is 4.68. The number of hydrogen-bond donors (Lipinski definition) is 1. The number of carbonyl (C=O) groups is 2. The topological polar surface area (TPSA) is 57.6 Å². The zero-order valence-electron chi connectivity index (χ0n) is 19.0. The molecule has 1 fully saturated rings. The second-order valence-corrected chi connectivity index (χ2v) is 9.04. The van der Waals surface area contributed by atoms with E-state index in [1.165, 1.54) is 28.7 Å². The Kier molecular flexibility index (Phi) is 6.32. The molecule has 0 unspecified atom stereocenters. The zero-order chi connectivity index (χ0) is 23.7. The molecule has 0 radical (unpaired) electrons. The molecule has 0 saturated carbocycles. The standard InChI is InChI=1S/C26H28F2N4O2/c27-18-5-8-20(9-6-18)32-23-10-7-19(28)15-22(23)21-11-14-30(17-24(21)32)12-3-1-2-4-13-31-25(33)16-29-26(31)34/h5-10,15H,1-4,11-14,16-17H2,(H,29,34). The van der Waals surface area contributed by atoms with Crippen LogP contribution in [0.15, 0.2) is 42.5 Å². The van der Waals surface area contributed by atoms with E-state index in [4.69, 9.17) is 0 Å². The Balaban J connectivity index is 1.23. The summed E-state index contributed by atoms with van der Waals surface area (Å²) in [6, 6.07) is 11.0. The first-order valence-corrected chi connectivity index (χ1v) is 11.9. The molecule has 0 atom stereocenters. The minimum absolute atomic E-state index is 0.108. The maximum Gasteiger partial charge on any atom is 0.324 e. The van der Waals surface area contributed by atoms with E-state index in [2.05, 4.69) is 14.8 Å². The highest BCUT2D eigenvalue weighted by Crippen LogP contribution is 2.34. The highest BCUT2D eigenvalue weighted by Gasteiger charge is 2.27. The predicted molar refractivity (Wildman–Crippen MR) is 126 cm³/mol. The highest BCUT2D eigenvalue weighted by atomic mass is 19.1. The lowest BCUT2D eigenvalue weighted by atomic mass is 10.0. The number of benzene rings is 2. The van der Waals surface area contributed by atoms with Crippen LogP contribution >= 0.6 is 0 Å². The fraction of sp³-hybridized carbons (Fsp3) is 0.385. The van der Waals surface area contributed by atoms with Gasteiger partial charge in [0.25, 0.3) is 0 Å². The van der Waals surface area contributed by atoms with Gasteiger partial charge >= 0.3 is 6.03 Å². The SMILES string of the molecule is O=C1CNC(=O)N1CCCCCCN1CCc2c(n(-c3ccc(F)cc3)c3ccc(F)cc23)C1. The van der Waals surface area contributed by atoms with Crippen LogP contribution in [-0.2, 0) is 17.8 Å². The molecular formula is C26H28F2N4O2. The molecule has 0 spiro atoms. The number of nitrogens with zero attached hydrogens (tertiary/aromatic N) is 3. The summed E-state index contributed by atoms with van der Waals surface area (Å²) in [7, 11) is 0. The Labute approximate surface area is 197 Å². The number of imide groups is 1. The second-order valence-electron chi connectivity index (χ2n) is 9.04. The highest BCUT2D eigenvalue weighted by molar-refractivity contribution is 6.01. The number of halogens is 2. The molecule has 6 nitrogen and oxygen atoms in total. The number of fused-ring (bicyclic) bond motifs is 3. The quantitative estimate of drug-likeness (QED) is 0.396. The van der Waals surface area contributed by atoms with Crippen molar-refractivity contribution in [2.45, 2.75) is 38.6 Å². The molecule has 8 heteroatoms. The monoisotopic (exact) mass is 466 g/mol. The molecule has 1 saturated heterocycles. The number of urea groups is 1. The van der Waals surface area contributed by atoms with Gasteiger partial charge in [-0.25, -0.2) is 13.6 Å². The summed E-state index contributed by atoms with van der Waals surface area (Å²) >= 11 is 0. The van der Waals surface area contributed by atoms with Crippen molar-refractivity contribution in [1.82, 2.24) is 19.7 Å². The third-order valence-electron chi connectivity index (χ3n) is 6.82. The number of carbonyl (C=O) groups excluding carboxylic acids is 2. The average Bonchev–Trinajstić information content (AvgIpc) is 3.32. The number of rotatable bonds is 8. The van der Waals surface area contributed by atoms with Crippen LogP contribution in [0.1, 0.15) is 36.9 Å². The van der Waals surface area contributed by atoms with Crippen molar-refractivity contribution in [3.05, 3.63) is 65.4 Å². The molecule has 1 N–H and O–H groups in total. The average molecular weight is 467 g/mol. The summed E-state index contributed by atoms with van der Waals surface area (Å²) < 4.78 is 29.7. The number of unbranched alkanes of at least 4 members (excludes halogenated alkanes) is 3. The lowest BCUT2D eigenvalue weighted by molar-refractivity contribution is -0.125. The molecular weight excluding hydrogens is 438 g/mol. The Bertz CT molecular complexity index is 1210. The second kappa shape index (κ2) is 9.54. The molecule has 0 bridgehead atoms. The maximum absolute atomic E-state index is 14.0. The Morgan fingerprint density at radius 2 is 1.62 bits per heavy atom. The van der Waals surface area contributed by atoms with Gasteiger partial charge in [0.2, 0.25) is 5.91 Å². The van der Waals surface area contributed by atoms with Crippen molar-refractivity contribution in [1.29, 1.82) is 0 Å². The van der Waals surface area contributed by atoms with E-state index in [-0.39, 0.29) is 30.1 Å². The van der Waals surface area contributed by atoms with Crippen molar-refractivity contribution in [2.24, 2.45) is 0 Å². The Hall–Kier alpha value is -3.26. The normalized spacial score (nSPS) is 16.4. The molecule has 2 aliphatic rings. The lowest BCUT2D eigenvalue weighted by Gasteiger charge is -2.28. The number of aromatic nitrogens is 1. The van der Waals surface area contributed by atoms with Crippen molar-refractivity contribution >= 4 is 22.8 Å². The molecule has 5 rings (SSSR count). The third-order valence-corrected chi connectivity index (χ3v) is 6.82. The summed E-state index contributed by atoms with van der Waals surface area (Å²) in [5, 5.41) is 3.47. The molecule has 178 valence electrons. The fourth-order valence-corrected chi connectivity index (χ4v) is 5.10. The van der Waals surface area contributed by atoms with E-state index >= 15 is 0 Å². The Morgan fingerprint density at radius 1 is 0.882 bits per heavy atom. The minimum Gasteiger partial charge on any atom is -0.329 e. The van der Waals surface area contributed by atoms with Gasteiger partial charge in [-0.3, -0.25) is 14.6 Å². The molecule has 3 aromatic rings. The van der Waals surface area contributed by atoms with E-state index in [1.807, 2.05) is 6.07 Å². The van der Waals surface area contributed by atoms with Crippen LogP contribution in [-0.4, -0.2) is 52.5 Å². The van der Waals surface area contributed by atoms with Crippen molar-refractivity contribution in [3.8, 4) is 5.69 Å².